The molecule has 2 heterocycles. The second-order valence-corrected chi connectivity index (χ2v) is 6.17. The smallest absolute Gasteiger partial charge is 0.156 e. The van der Waals surface area contributed by atoms with E-state index in [2.05, 4.69) is 77.3 Å². The summed E-state index contributed by atoms with van der Waals surface area (Å²) >= 11 is 0. The molecule has 1 N–H and O–H groups in total. The highest BCUT2D eigenvalue weighted by Crippen LogP contribution is 2.31. The molecule has 3 heteroatoms. The van der Waals surface area contributed by atoms with Crippen molar-refractivity contribution in [2.75, 3.05) is 5.32 Å². The fourth-order valence-corrected chi connectivity index (χ4v) is 3.11. The molecule has 0 fully saturated rings. The number of fused-ring (bicyclic) bond motifs is 1. The van der Waals surface area contributed by atoms with Gasteiger partial charge in [-0.2, -0.15) is 0 Å². The maximum absolute atomic E-state index is 4.56. The molecule has 0 spiro atoms. The van der Waals surface area contributed by atoms with Crippen LogP contribution < -0.4 is 5.32 Å². The zero-order valence-electron chi connectivity index (χ0n) is 14.6. The van der Waals surface area contributed by atoms with Crippen LogP contribution in [0, 0.1) is 6.92 Å². The van der Waals surface area contributed by atoms with Crippen molar-refractivity contribution >= 4 is 28.5 Å². The maximum Gasteiger partial charge on any atom is 0.156 e. The van der Waals surface area contributed by atoms with E-state index in [-0.39, 0.29) is 0 Å². The van der Waals surface area contributed by atoms with Crippen molar-refractivity contribution < 1.29 is 0 Å². The van der Waals surface area contributed by atoms with Crippen LogP contribution in [0.4, 0.5) is 11.5 Å². The summed E-state index contributed by atoms with van der Waals surface area (Å²) in [6, 6.07) is 20.7. The Labute approximate surface area is 153 Å². The van der Waals surface area contributed by atoms with Crippen LogP contribution in [0.1, 0.15) is 11.1 Å². The first kappa shape index (κ1) is 16.0. The summed E-state index contributed by atoms with van der Waals surface area (Å²) in [5.74, 6) is 0.756. The van der Waals surface area contributed by atoms with E-state index in [9.17, 15) is 0 Å². The lowest BCUT2D eigenvalue weighted by molar-refractivity contribution is 1.28. The van der Waals surface area contributed by atoms with Gasteiger partial charge in [0.1, 0.15) is 5.52 Å². The Morgan fingerprint density at radius 2 is 1.81 bits per heavy atom. The lowest BCUT2D eigenvalue weighted by Crippen LogP contribution is -1.99. The summed E-state index contributed by atoms with van der Waals surface area (Å²) in [5.41, 5.74) is 6.46. The van der Waals surface area contributed by atoms with Crippen molar-refractivity contribution in [3.05, 3.63) is 90.8 Å². The number of pyridine rings is 2. The monoisotopic (exact) mass is 337 g/mol. The van der Waals surface area contributed by atoms with E-state index in [0.717, 1.165) is 28.0 Å². The van der Waals surface area contributed by atoms with Crippen LogP contribution >= 0.6 is 0 Å². The molecule has 0 atom stereocenters. The Hall–Kier alpha value is -3.46. The SMILES string of the molecule is C=Cc1cnc2c(Nc3cccc(-c4ccccc4)c3C)nccc2c1. The molecular weight excluding hydrogens is 318 g/mol. The molecule has 0 radical (unpaired) electrons. The van der Waals surface area contributed by atoms with Gasteiger partial charge in [0, 0.05) is 23.5 Å². The van der Waals surface area contributed by atoms with Gasteiger partial charge < -0.3 is 5.32 Å². The summed E-state index contributed by atoms with van der Waals surface area (Å²) < 4.78 is 0. The highest BCUT2D eigenvalue weighted by Gasteiger charge is 2.09. The molecule has 0 aliphatic carbocycles. The van der Waals surface area contributed by atoms with Gasteiger partial charge in [0.05, 0.1) is 0 Å². The molecule has 0 amide bonds. The molecule has 0 aliphatic rings. The van der Waals surface area contributed by atoms with Crippen molar-refractivity contribution in [3.8, 4) is 11.1 Å². The standard InChI is InChI=1S/C23H19N3/c1-3-17-14-19-12-13-24-23(22(19)25-15-17)26-21-11-7-10-20(16(21)2)18-8-5-4-6-9-18/h3-15H,1H2,2H3,(H,24,26). The van der Waals surface area contributed by atoms with Gasteiger partial charge in [0.15, 0.2) is 5.82 Å². The Morgan fingerprint density at radius 1 is 0.962 bits per heavy atom. The minimum absolute atomic E-state index is 0.756. The highest BCUT2D eigenvalue weighted by atomic mass is 15.0. The van der Waals surface area contributed by atoms with Crippen molar-refractivity contribution in [2.24, 2.45) is 0 Å². The van der Waals surface area contributed by atoms with Gasteiger partial charge in [-0.3, -0.25) is 4.98 Å². The van der Waals surface area contributed by atoms with E-state index in [1.807, 2.05) is 18.3 Å². The van der Waals surface area contributed by atoms with E-state index in [1.54, 1.807) is 12.3 Å². The van der Waals surface area contributed by atoms with Crippen LogP contribution in [0.5, 0.6) is 0 Å². The number of hydrogen-bond acceptors (Lipinski definition) is 3. The average Bonchev–Trinajstić information content (AvgIpc) is 2.70. The Morgan fingerprint density at radius 3 is 2.62 bits per heavy atom. The van der Waals surface area contributed by atoms with Crippen molar-refractivity contribution in [3.63, 3.8) is 0 Å². The molecule has 0 bridgehead atoms. The molecule has 2 aromatic heterocycles. The molecule has 126 valence electrons. The third-order valence-electron chi connectivity index (χ3n) is 4.53. The van der Waals surface area contributed by atoms with Crippen molar-refractivity contribution in [1.29, 1.82) is 0 Å². The summed E-state index contributed by atoms with van der Waals surface area (Å²) in [6.45, 7) is 5.93. The topological polar surface area (TPSA) is 37.8 Å². The van der Waals surface area contributed by atoms with Gasteiger partial charge in [-0.05, 0) is 47.4 Å². The quantitative estimate of drug-likeness (QED) is 0.497. The predicted octanol–water partition coefficient (Wildman–Crippen LogP) is 5.99. The number of hydrogen-bond donors (Lipinski definition) is 1. The number of anilines is 2. The molecule has 26 heavy (non-hydrogen) atoms. The normalized spacial score (nSPS) is 10.7. The first-order chi connectivity index (χ1) is 12.8. The van der Waals surface area contributed by atoms with Gasteiger partial charge in [-0.15, -0.1) is 0 Å². The van der Waals surface area contributed by atoms with Crippen LogP contribution in [-0.2, 0) is 0 Å². The van der Waals surface area contributed by atoms with Crippen LogP contribution in [0.25, 0.3) is 28.1 Å². The third kappa shape index (κ3) is 2.95. The molecule has 0 aliphatic heterocycles. The van der Waals surface area contributed by atoms with Gasteiger partial charge >= 0.3 is 0 Å². The van der Waals surface area contributed by atoms with Gasteiger partial charge in [-0.25, -0.2) is 4.98 Å². The molecule has 0 saturated heterocycles. The van der Waals surface area contributed by atoms with Crippen molar-refractivity contribution in [1.82, 2.24) is 9.97 Å². The van der Waals surface area contributed by atoms with Crippen LogP contribution in [0.3, 0.4) is 0 Å². The molecule has 0 unspecified atom stereocenters. The maximum atomic E-state index is 4.56. The fourth-order valence-electron chi connectivity index (χ4n) is 3.11. The van der Waals surface area contributed by atoms with Gasteiger partial charge in [0.25, 0.3) is 0 Å². The lowest BCUT2D eigenvalue weighted by atomic mass is 9.99. The Balaban J connectivity index is 1.77. The summed E-state index contributed by atoms with van der Waals surface area (Å²) in [5, 5.41) is 4.50. The number of nitrogens with zero attached hydrogens (tertiary/aromatic N) is 2. The van der Waals surface area contributed by atoms with Crippen LogP contribution in [0.2, 0.25) is 0 Å². The summed E-state index contributed by atoms with van der Waals surface area (Å²) in [6.07, 6.45) is 5.42. The molecule has 4 aromatic rings. The number of rotatable bonds is 4. The predicted molar refractivity (Wildman–Crippen MR) is 110 cm³/mol. The molecule has 3 nitrogen and oxygen atoms in total. The average molecular weight is 337 g/mol. The number of nitrogens with one attached hydrogen (secondary N) is 1. The summed E-state index contributed by atoms with van der Waals surface area (Å²) in [4.78, 5) is 9.06. The zero-order chi connectivity index (χ0) is 17.9. The van der Waals surface area contributed by atoms with E-state index >= 15 is 0 Å². The van der Waals surface area contributed by atoms with E-state index in [0.29, 0.717) is 0 Å². The molecule has 4 rings (SSSR count). The number of benzene rings is 2. The Bertz CT molecular complexity index is 1090. The van der Waals surface area contributed by atoms with Crippen LogP contribution in [0.15, 0.2) is 79.6 Å². The molecular formula is C23H19N3. The Kier molecular flexibility index (Phi) is 4.20. The second-order valence-electron chi connectivity index (χ2n) is 6.17. The first-order valence-electron chi connectivity index (χ1n) is 8.55. The fraction of sp³-hybridized carbons (Fsp3) is 0.0435. The minimum atomic E-state index is 0.756. The molecule has 0 saturated carbocycles. The minimum Gasteiger partial charge on any atom is -0.338 e. The second kappa shape index (κ2) is 6.81. The largest absolute Gasteiger partial charge is 0.338 e. The zero-order valence-corrected chi connectivity index (χ0v) is 14.6. The van der Waals surface area contributed by atoms with Crippen molar-refractivity contribution in [2.45, 2.75) is 6.92 Å². The van der Waals surface area contributed by atoms with Gasteiger partial charge in [-0.1, -0.05) is 55.1 Å². The first-order valence-corrected chi connectivity index (χ1v) is 8.55. The van der Waals surface area contributed by atoms with E-state index in [4.69, 9.17) is 0 Å². The lowest BCUT2D eigenvalue weighted by Gasteiger charge is -2.14. The van der Waals surface area contributed by atoms with E-state index < -0.39 is 0 Å². The highest BCUT2D eigenvalue weighted by molar-refractivity contribution is 5.91. The molecule has 2 aromatic carbocycles. The van der Waals surface area contributed by atoms with E-state index in [1.165, 1.54) is 16.7 Å². The van der Waals surface area contributed by atoms with Crippen LogP contribution in [-0.4, -0.2) is 9.97 Å². The third-order valence-corrected chi connectivity index (χ3v) is 4.53. The number of aromatic nitrogens is 2. The van der Waals surface area contributed by atoms with Gasteiger partial charge in [0.2, 0.25) is 0 Å². The summed E-state index contributed by atoms with van der Waals surface area (Å²) in [7, 11) is 0.